The molecule has 2 fully saturated rings. The fraction of sp³-hybridized carbons (Fsp3) is 0.444. The highest BCUT2D eigenvalue weighted by Crippen LogP contribution is 2.49. The Morgan fingerprint density at radius 3 is 3.03 bits per heavy atom. The van der Waals surface area contributed by atoms with Gasteiger partial charge in [-0.3, -0.25) is 4.90 Å². The lowest BCUT2D eigenvalue weighted by Gasteiger charge is -2.35. The first-order valence-electron chi connectivity index (χ1n) is 12.9. The third kappa shape index (κ3) is 4.29. The summed E-state index contributed by atoms with van der Waals surface area (Å²) in [6.07, 6.45) is 4.64. The van der Waals surface area contributed by atoms with Crippen LogP contribution in [0.25, 0.3) is 10.9 Å². The average molecular weight is 622 g/mol. The van der Waals surface area contributed by atoms with Crippen molar-refractivity contribution in [1.82, 2.24) is 19.9 Å². The zero-order valence-electron chi connectivity index (χ0n) is 21.3. The van der Waals surface area contributed by atoms with Crippen molar-refractivity contribution in [2.45, 2.75) is 50.0 Å². The van der Waals surface area contributed by atoms with Gasteiger partial charge >= 0.3 is 6.01 Å². The van der Waals surface area contributed by atoms with E-state index in [1.165, 1.54) is 0 Å². The van der Waals surface area contributed by atoms with Gasteiger partial charge in [-0.15, -0.1) is 6.58 Å². The summed E-state index contributed by atoms with van der Waals surface area (Å²) in [5.41, 5.74) is 6.58. The average Bonchev–Trinajstić information content (AvgIpc) is 3.39. The number of alkyl halides is 1. The molecule has 5 heterocycles. The number of halogens is 4. The van der Waals surface area contributed by atoms with Gasteiger partial charge in [-0.25, -0.2) is 13.8 Å². The van der Waals surface area contributed by atoms with Crippen LogP contribution in [0.2, 0.25) is 5.02 Å². The van der Waals surface area contributed by atoms with Crippen LogP contribution in [0.3, 0.4) is 0 Å². The van der Waals surface area contributed by atoms with E-state index in [4.69, 9.17) is 31.8 Å². The molecule has 2 aromatic heterocycles. The van der Waals surface area contributed by atoms with Crippen LogP contribution in [0.4, 0.5) is 20.4 Å². The number of ether oxygens (including phenoxy) is 2. The van der Waals surface area contributed by atoms with E-state index in [1.54, 1.807) is 18.3 Å². The largest absolute Gasteiger partial charge is 0.489 e. The summed E-state index contributed by atoms with van der Waals surface area (Å²) in [4.78, 5) is 17.6. The molecule has 8 nitrogen and oxygen atoms in total. The van der Waals surface area contributed by atoms with Crippen LogP contribution in [-0.4, -0.2) is 63.9 Å². The number of benzene rings is 1. The quantitative estimate of drug-likeness (QED) is 0.280. The Bertz CT molecular complexity index is 1460. The summed E-state index contributed by atoms with van der Waals surface area (Å²) < 4.78 is 42.4. The summed E-state index contributed by atoms with van der Waals surface area (Å²) in [7, 11) is 0. The van der Waals surface area contributed by atoms with Gasteiger partial charge in [-0.05, 0) is 48.3 Å². The van der Waals surface area contributed by atoms with Crippen LogP contribution in [0.1, 0.15) is 37.8 Å². The number of rotatable bonds is 6. The molecule has 3 aliphatic rings. The summed E-state index contributed by atoms with van der Waals surface area (Å²) in [5.74, 6) is 0.333. The molecule has 2 saturated heterocycles. The highest BCUT2D eigenvalue weighted by atomic mass is 79.9. The molecule has 3 aromatic rings. The molecule has 39 heavy (non-hydrogen) atoms. The van der Waals surface area contributed by atoms with Crippen LogP contribution in [0, 0.1) is 5.82 Å². The van der Waals surface area contributed by atoms with Gasteiger partial charge in [0.1, 0.15) is 41.6 Å². The minimum absolute atomic E-state index is 0.00193. The Kier molecular flexibility index (Phi) is 6.79. The maximum absolute atomic E-state index is 15.7. The van der Waals surface area contributed by atoms with E-state index < -0.39 is 17.5 Å². The predicted octanol–water partition coefficient (Wildman–Crippen LogP) is 5.63. The molecule has 0 saturated carbocycles. The van der Waals surface area contributed by atoms with Crippen LogP contribution >= 0.6 is 27.5 Å². The molecular weight excluding hydrogens is 594 g/mol. The smallest absolute Gasteiger partial charge is 0.319 e. The summed E-state index contributed by atoms with van der Waals surface area (Å²) in [6, 6.07) is 2.92. The van der Waals surface area contributed by atoms with E-state index in [0.29, 0.717) is 30.0 Å². The van der Waals surface area contributed by atoms with Gasteiger partial charge in [0.05, 0.1) is 27.5 Å². The molecule has 0 spiro atoms. The number of anilines is 2. The zero-order valence-corrected chi connectivity index (χ0v) is 23.7. The fourth-order valence-corrected chi connectivity index (χ4v) is 6.83. The number of fused-ring (bicyclic) bond motifs is 1. The lowest BCUT2D eigenvalue weighted by Crippen LogP contribution is -2.43. The van der Waals surface area contributed by atoms with Crippen molar-refractivity contribution in [2.24, 2.45) is 0 Å². The minimum atomic E-state index is -0.902. The predicted molar refractivity (Wildman–Crippen MR) is 150 cm³/mol. The molecular formula is C27H28BrClF2N6O2. The van der Waals surface area contributed by atoms with Gasteiger partial charge in [-0.1, -0.05) is 23.7 Å². The normalized spacial score (nSPS) is 25.3. The van der Waals surface area contributed by atoms with Gasteiger partial charge < -0.3 is 20.1 Å². The number of nitrogen functional groups attached to an aromatic ring is 1. The number of hydrogen-bond donors (Lipinski definition) is 1. The maximum atomic E-state index is 15.7. The number of nitrogens with two attached hydrogens (primary N) is 1. The Balaban J connectivity index is 1.51. The van der Waals surface area contributed by atoms with Gasteiger partial charge in [0.15, 0.2) is 11.6 Å². The van der Waals surface area contributed by atoms with E-state index in [9.17, 15) is 4.39 Å². The first-order chi connectivity index (χ1) is 18.7. The number of aromatic nitrogens is 3. The molecule has 0 aliphatic carbocycles. The minimum Gasteiger partial charge on any atom is -0.489 e. The van der Waals surface area contributed by atoms with E-state index in [2.05, 4.69) is 37.4 Å². The van der Waals surface area contributed by atoms with Crippen molar-refractivity contribution in [3.05, 3.63) is 51.9 Å². The van der Waals surface area contributed by atoms with Crippen molar-refractivity contribution in [2.75, 3.05) is 36.9 Å². The molecule has 1 aromatic carbocycles. The van der Waals surface area contributed by atoms with Gasteiger partial charge in [0, 0.05) is 24.7 Å². The summed E-state index contributed by atoms with van der Waals surface area (Å²) >= 11 is 9.82. The summed E-state index contributed by atoms with van der Waals surface area (Å²) in [5, 5.41) is 0.397. The molecule has 206 valence electrons. The standard InChI is InChI=1S/C27H28BrClF2N6O2/c1-3-16-12-38-23-18-22(21(31)19(28)20(23)29)34-26(39-13-27-7-5-9-36(27)11-15(30)10-27)35-25(18)37(16)14(2)17-6-4-8-33-24(17)32/h3-4,6,8,14-16H,1,5,7,9-13H2,2H3,(H2,32,33)/t14?,15-,16+,27+/m1/s1. The van der Waals surface area contributed by atoms with Crippen molar-refractivity contribution >= 4 is 50.1 Å². The van der Waals surface area contributed by atoms with Crippen LogP contribution in [0.5, 0.6) is 11.8 Å². The zero-order chi connectivity index (χ0) is 27.5. The molecule has 6 rings (SSSR count). The van der Waals surface area contributed by atoms with E-state index >= 15 is 4.39 Å². The van der Waals surface area contributed by atoms with Crippen LogP contribution < -0.4 is 20.1 Å². The third-order valence-corrected chi connectivity index (χ3v) is 9.46. The topological polar surface area (TPSA) is 89.6 Å². The number of pyridine rings is 1. The number of nitrogens with zero attached hydrogens (tertiary/aromatic N) is 5. The Hall–Kier alpha value is -2.76. The van der Waals surface area contributed by atoms with E-state index in [1.807, 2.05) is 17.9 Å². The van der Waals surface area contributed by atoms with Gasteiger partial charge in [0.2, 0.25) is 0 Å². The SMILES string of the molecule is C=C[C@H]1COc2c(Cl)c(Br)c(F)c3nc(OC[C@@]45CCCN4C[C@H](F)C5)nc(c23)N1C(C)c1cccnc1N. The molecule has 0 bridgehead atoms. The fourth-order valence-electron chi connectivity index (χ4n) is 6.23. The van der Waals surface area contributed by atoms with Gasteiger partial charge in [0.25, 0.3) is 0 Å². The van der Waals surface area contributed by atoms with Crippen molar-refractivity contribution in [3.8, 4) is 11.8 Å². The van der Waals surface area contributed by atoms with Gasteiger partial charge in [-0.2, -0.15) is 9.97 Å². The molecule has 3 aliphatic heterocycles. The van der Waals surface area contributed by atoms with Crippen molar-refractivity contribution in [1.29, 1.82) is 0 Å². The maximum Gasteiger partial charge on any atom is 0.319 e. The first kappa shape index (κ1) is 26.5. The molecule has 0 amide bonds. The lowest BCUT2D eigenvalue weighted by molar-refractivity contribution is 0.107. The Morgan fingerprint density at radius 2 is 2.26 bits per heavy atom. The van der Waals surface area contributed by atoms with Crippen LogP contribution in [-0.2, 0) is 0 Å². The van der Waals surface area contributed by atoms with Crippen molar-refractivity contribution in [3.63, 3.8) is 0 Å². The molecule has 0 radical (unpaired) electrons. The molecule has 2 N–H and O–H groups in total. The second-order valence-electron chi connectivity index (χ2n) is 10.4. The second-order valence-corrected chi connectivity index (χ2v) is 11.5. The monoisotopic (exact) mass is 620 g/mol. The summed E-state index contributed by atoms with van der Waals surface area (Å²) in [6.45, 7) is 7.56. The Morgan fingerprint density at radius 1 is 1.44 bits per heavy atom. The lowest BCUT2D eigenvalue weighted by atomic mass is 9.95. The molecule has 1 unspecified atom stereocenters. The van der Waals surface area contributed by atoms with E-state index in [0.717, 1.165) is 24.9 Å². The second kappa shape index (κ2) is 10.0. The molecule has 4 atom stereocenters. The first-order valence-corrected chi connectivity index (χ1v) is 14.1. The van der Waals surface area contributed by atoms with E-state index in [-0.39, 0.29) is 52.1 Å². The highest BCUT2D eigenvalue weighted by Gasteiger charge is 2.49. The van der Waals surface area contributed by atoms with Crippen LogP contribution in [0.15, 0.2) is 35.5 Å². The molecule has 12 heteroatoms. The highest BCUT2D eigenvalue weighted by molar-refractivity contribution is 9.10. The third-order valence-electron chi connectivity index (χ3n) is 8.13. The number of hydrogen-bond acceptors (Lipinski definition) is 8. The Labute approximate surface area is 238 Å². The van der Waals surface area contributed by atoms with Crippen molar-refractivity contribution < 1.29 is 18.3 Å².